The van der Waals surface area contributed by atoms with Crippen molar-refractivity contribution in [2.75, 3.05) is 18.5 Å². The summed E-state index contributed by atoms with van der Waals surface area (Å²) >= 11 is 0. The second kappa shape index (κ2) is 9.31. The quantitative estimate of drug-likeness (QED) is 0.622. The average Bonchev–Trinajstić information content (AvgIpc) is 3.26. The number of carbonyl (C=O) groups is 2. The number of nitrogens with zero attached hydrogens (tertiary/aromatic N) is 2. The van der Waals surface area contributed by atoms with E-state index in [4.69, 9.17) is 9.15 Å². The lowest BCUT2D eigenvalue weighted by Crippen LogP contribution is -2.35. The van der Waals surface area contributed by atoms with Crippen molar-refractivity contribution in [2.45, 2.75) is 13.3 Å². The van der Waals surface area contributed by atoms with Crippen molar-refractivity contribution in [1.82, 2.24) is 15.5 Å². The van der Waals surface area contributed by atoms with Gasteiger partial charge in [0, 0.05) is 11.3 Å². The third kappa shape index (κ3) is 5.16. The fourth-order valence-corrected chi connectivity index (χ4v) is 2.52. The highest BCUT2D eigenvalue weighted by Gasteiger charge is 2.09. The van der Waals surface area contributed by atoms with Gasteiger partial charge in [-0.15, -0.1) is 10.2 Å². The number of amides is 2. The molecule has 0 aliphatic rings. The van der Waals surface area contributed by atoms with Gasteiger partial charge in [0.05, 0.1) is 6.54 Å². The Morgan fingerprint density at radius 1 is 1.07 bits per heavy atom. The Balaban J connectivity index is 1.42. The third-order valence-corrected chi connectivity index (χ3v) is 3.95. The summed E-state index contributed by atoms with van der Waals surface area (Å²) in [5, 5.41) is 12.8. The number of para-hydroxylation sites is 1. The van der Waals surface area contributed by atoms with Crippen LogP contribution in [0.2, 0.25) is 0 Å². The fourth-order valence-electron chi connectivity index (χ4n) is 2.52. The molecule has 8 heteroatoms. The predicted molar refractivity (Wildman–Crippen MR) is 103 cm³/mol. The molecule has 0 saturated heterocycles. The minimum atomic E-state index is -0.389. The highest BCUT2D eigenvalue weighted by Crippen LogP contribution is 2.20. The Bertz CT molecular complexity index is 924. The molecule has 0 unspecified atom stereocenters. The normalized spacial score (nSPS) is 10.3. The van der Waals surface area contributed by atoms with Crippen LogP contribution in [0.25, 0.3) is 11.5 Å². The van der Waals surface area contributed by atoms with Crippen LogP contribution in [0.4, 0.5) is 5.69 Å². The summed E-state index contributed by atoms with van der Waals surface area (Å²) in [4.78, 5) is 23.9. The molecule has 2 amide bonds. The van der Waals surface area contributed by atoms with Gasteiger partial charge in [0.1, 0.15) is 5.75 Å². The first-order chi connectivity index (χ1) is 13.7. The molecule has 2 aromatic carbocycles. The molecule has 1 heterocycles. The van der Waals surface area contributed by atoms with E-state index in [1.54, 1.807) is 24.3 Å². The van der Waals surface area contributed by atoms with Crippen LogP contribution in [0.15, 0.2) is 59.3 Å². The van der Waals surface area contributed by atoms with Gasteiger partial charge in [0.2, 0.25) is 18.2 Å². The van der Waals surface area contributed by atoms with E-state index in [0.717, 1.165) is 23.2 Å². The van der Waals surface area contributed by atoms with E-state index >= 15 is 0 Å². The van der Waals surface area contributed by atoms with Crippen LogP contribution in [0.3, 0.4) is 0 Å². The average molecular weight is 380 g/mol. The van der Waals surface area contributed by atoms with Gasteiger partial charge in [-0.3, -0.25) is 9.59 Å². The highest BCUT2D eigenvalue weighted by molar-refractivity contribution is 5.95. The topological polar surface area (TPSA) is 106 Å². The summed E-state index contributed by atoms with van der Waals surface area (Å²) in [5.41, 5.74) is 2.54. The van der Waals surface area contributed by atoms with Crippen LogP contribution in [0.1, 0.15) is 12.5 Å². The number of hydrogen-bond donors (Lipinski definition) is 2. The summed E-state index contributed by atoms with van der Waals surface area (Å²) in [6.07, 6.45) is 2.06. The number of rotatable bonds is 8. The molecule has 1 aromatic heterocycles. The first-order valence-corrected chi connectivity index (χ1v) is 8.79. The summed E-state index contributed by atoms with van der Waals surface area (Å²) in [6, 6.07) is 14.4. The molecule has 144 valence electrons. The molecule has 0 saturated carbocycles. The molecule has 0 spiro atoms. The first kappa shape index (κ1) is 19.1. The van der Waals surface area contributed by atoms with Gasteiger partial charge in [-0.05, 0) is 42.3 Å². The number of carbonyl (C=O) groups excluding carboxylic acids is 2. The smallest absolute Gasteiger partial charge is 0.258 e. The van der Waals surface area contributed by atoms with Gasteiger partial charge in [0.25, 0.3) is 5.91 Å². The minimum absolute atomic E-state index is 0.129. The molecular formula is C20H20N4O4. The Morgan fingerprint density at radius 3 is 2.57 bits per heavy atom. The maximum Gasteiger partial charge on any atom is 0.258 e. The van der Waals surface area contributed by atoms with E-state index in [1.807, 2.05) is 31.2 Å². The summed E-state index contributed by atoms with van der Waals surface area (Å²) in [5.74, 6) is 0.234. The Hall–Kier alpha value is -3.68. The first-order valence-electron chi connectivity index (χ1n) is 8.79. The third-order valence-electron chi connectivity index (χ3n) is 3.95. The lowest BCUT2D eigenvalue weighted by molar-refractivity contribution is -0.125. The second-order valence-electron chi connectivity index (χ2n) is 5.89. The molecule has 0 bridgehead atoms. The van der Waals surface area contributed by atoms with Crippen LogP contribution in [-0.2, 0) is 16.0 Å². The van der Waals surface area contributed by atoms with Crippen LogP contribution in [-0.4, -0.2) is 35.2 Å². The molecule has 0 atom stereocenters. The van der Waals surface area contributed by atoms with Gasteiger partial charge in [-0.1, -0.05) is 25.1 Å². The van der Waals surface area contributed by atoms with Crippen LogP contribution in [0.5, 0.6) is 5.75 Å². The lowest BCUT2D eigenvalue weighted by Gasteiger charge is -2.11. The number of ether oxygens (including phenoxy) is 1. The monoisotopic (exact) mass is 380 g/mol. The van der Waals surface area contributed by atoms with Gasteiger partial charge in [-0.2, -0.15) is 0 Å². The molecule has 0 radical (unpaired) electrons. The largest absolute Gasteiger partial charge is 0.484 e. The molecule has 8 nitrogen and oxygen atoms in total. The van der Waals surface area contributed by atoms with E-state index in [-0.39, 0.29) is 25.0 Å². The molecule has 28 heavy (non-hydrogen) atoms. The van der Waals surface area contributed by atoms with Crippen molar-refractivity contribution in [2.24, 2.45) is 0 Å². The molecule has 0 aliphatic heterocycles. The number of aromatic nitrogens is 2. The van der Waals surface area contributed by atoms with Crippen molar-refractivity contribution in [3.63, 3.8) is 0 Å². The van der Waals surface area contributed by atoms with Gasteiger partial charge < -0.3 is 19.8 Å². The van der Waals surface area contributed by atoms with E-state index in [1.165, 1.54) is 6.39 Å². The molecular weight excluding hydrogens is 360 g/mol. The Labute approximate surface area is 161 Å². The van der Waals surface area contributed by atoms with Crippen LogP contribution < -0.4 is 15.4 Å². The van der Waals surface area contributed by atoms with Crippen molar-refractivity contribution in [3.8, 4) is 17.2 Å². The molecule has 3 aromatic rings. The number of benzene rings is 2. The zero-order valence-electron chi connectivity index (χ0n) is 15.3. The standard InChI is InChI=1S/C20H20N4O4/c1-2-14-5-3-4-6-17(14)23-18(25)11-21-19(26)12-27-16-9-7-15(8-10-16)20-24-22-13-28-20/h3-10,13H,2,11-12H2,1H3,(H,21,26)(H,23,25). The predicted octanol–water partition coefficient (Wildman–Crippen LogP) is 2.43. The van der Waals surface area contributed by atoms with E-state index in [0.29, 0.717) is 11.6 Å². The zero-order valence-corrected chi connectivity index (χ0v) is 15.3. The van der Waals surface area contributed by atoms with E-state index in [2.05, 4.69) is 20.8 Å². The molecule has 2 N–H and O–H groups in total. The van der Waals surface area contributed by atoms with Gasteiger partial charge in [-0.25, -0.2) is 0 Å². The molecule has 0 aliphatic carbocycles. The Kier molecular flexibility index (Phi) is 6.35. The number of nitrogens with one attached hydrogen (secondary N) is 2. The highest BCUT2D eigenvalue weighted by atomic mass is 16.5. The van der Waals surface area contributed by atoms with Crippen molar-refractivity contribution >= 4 is 17.5 Å². The molecule has 0 fully saturated rings. The minimum Gasteiger partial charge on any atom is -0.484 e. The Morgan fingerprint density at radius 2 is 1.86 bits per heavy atom. The fraction of sp³-hybridized carbons (Fsp3) is 0.200. The number of aryl methyl sites for hydroxylation is 1. The van der Waals surface area contributed by atoms with Crippen molar-refractivity contribution in [3.05, 3.63) is 60.5 Å². The SMILES string of the molecule is CCc1ccccc1NC(=O)CNC(=O)COc1ccc(-c2nnco2)cc1. The lowest BCUT2D eigenvalue weighted by atomic mass is 10.1. The molecule has 3 rings (SSSR count). The maximum absolute atomic E-state index is 12.0. The maximum atomic E-state index is 12.0. The zero-order chi connectivity index (χ0) is 19.8. The van der Waals surface area contributed by atoms with Gasteiger partial charge in [0.15, 0.2) is 6.61 Å². The van der Waals surface area contributed by atoms with Crippen molar-refractivity contribution < 1.29 is 18.7 Å². The van der Waals surface area contributed by atoms with Crippen LogP contribution >= 0.6 is 0 Å². The summed E-state index contributed by atoms with van der Waals surface area (Å²) < 4.78 is 10.5. The second-order valence-corrected chi connectivity index (χ2v) is 5.89. The summed E-state index contributed by atoms with van der Waals surface area (Å²) in [6.45, 7) is 1.69. The van der Waals surface area contributed by atoms with E-state index < -0.39 is 0 Å². The number of hydrogen-bond acceptors (Lipinski definition) is 6. The number of anilines is 1. The van der Waals surface area contributed by atoms with Crippen molar-refractivity contribution in [1.29, 1.82) is 0 Å². The van der Waals surface area contributed by atoms with Crippen LogP contribution in [0, 0.1) is 0 Å². The van der Waals surface area contributed by atoms with E-state index in [9.17, 15) is 9.59 Å². The van der Waals surface area contributed by atoms with Gasteiger partial charge >= 0.3 is 0 Å². The summed E-state index contributed by atoms with van der Waals surface area (Å²) in [7, 11) is 0.